The molecule has 0 unspecified atom stereocenters. The fourth-order valence-electron chi connectivity index (χ4n) is 2.53. The van der Waals surface area contributed by atoms with Crippen LogP contribution < -0.4 is 5.56 Å². The maximum atomic E-state index is 11.6. The second-order valence-corrected chi connectivity index (χ2v) is 4.83. The van der Waals surface area contributed by atoms with E-state index in [4.69, 9.17) is 11.6 Å². The zero-order valence-corrected chi connectivity index (χ0v) is 10.1. The lowest BCUT2D eigenvalue weighted by molar-refractivity contribution is 0.358. The average Bonchev–Trinajstić information content (AvgIpc) is 2.74. The topological polar surface area (TPSA) is 63.6 Å². The van der Waals surface area contributed by atoms with Gasteiger partial charge >= 0.3 is 0 Å². The monoisotopic (exact) mass is 252 g/mol. The van der Waals surface area contributed by atoms with E-state index < -0.39 is 0 Å². The lowest BCUT2D eigenvalue weighted by Gasteiger charge is -2.22. The molecule has 0 amide bonds. The van der Waals surface area contributed by atoms with Crippen LogP contribution in [0.4, 0.5) is 0 Å². The van der Waals surface area contributed by atoms with E-state index in [2.05, 4.69) is 15.0 Å². The molecule has 0 atom stereocenters. The smallest absolute Gasteiger partial charge is 0.280 e. The SMILES string of the molecule is O=c1[nH]c(Cl)nc2c1ncn2C1CCCCC1. The van der Waals surface area contributed by atoms with Crippen LogP contribution in [0.3, 0.4) is 0 Å². The Morgan fingerprint density at radius 2 is 2.12 bits per heavy atom. The van der Waals surface area contributed by atoms with Gasteiger partial charge in [0.25, 0.3) is 5.56 Å². The summed E-state index contributed by atoms with van der Waals surface area (Å²) >= 11 is 5.78. The molecule has 17 heavy (non-hydrogen) atoms. The molecule has 5 nitrogen and oxygen atoms in total. The molecule has 1 saturated carbocycles. The van der Waals surface area contributed by atoms with Gasteiger partial charge in [-0.3, -0.25) is 9.78 Å². The molecule has 0 aliphatic heterocycles. The van der Waals surface area contributed by atoms with Crippen LogP contribution >= 0.6 is 11.6 Å². The molecule has 2 heterocycles. The number of nitrogens with zero attached hydrogens (tertiary/aromatic N) is 3. The van der Waals surface area contributed by atoms with E-state index in [0.717, 1.165) is 12.8 Å². The molecule has 1 aliphatic carbocycles. The second kappa shape index (κ2) is 4.14. The first-order valence-electron chi connectivity index (χ1n) is 5.88. The van der Waals surface area contributed by atoms with E-state index in [1.165, 1.54) is 19.3 Å². The number of aromatic nitrogens is 4. The molecule has 0 bridgehead atoms. The summed E-state index contributed by atoms with van der Waals surface area (Å²) in [6, 6.07) is 0.402. The maximum Gasteiger partial charge on any atom is 0.280 e. The van der Waals surface area contributed by atoms with Gasteiger partial charge in [-0.15, -0.1) is 0 Å². The number of halogens is 1. The lowest BCUT2D eigenvalue weighted by atomic mass is 9.95. The van der Waals surface area contributed by atoms with Crippen LogP contribution in [0.25, 0.3) is 11.2 Å². The van der Waals surface area contributed by atoms with Crippen LogP contribution in [-0.4, -0.2) is 19.5 Å². The number of H-pyrrole nitrogens is 1. The Hall–Kier alpha value is -1.36. The Morgan fingerprint density at radius 1 is 1.35 bits per heavy atom. The summed E-state index contributed by atoms with van der Waals surface area (Å²) < 4.78 is 2.00. The van der Waals surface area contributed by atoms with Gasteiger partial charge in [0.15, 0.2) is 11.2 Å². The van der Waals surface area contributed by atoms with E-state index >= 15 is 0 Å². The highest BCUT2D eigenvalue weighted by atomic mass is 35.5. The fourth-order valence-corrected chi connectivity index (χ4v) is 2.69. The minimum Gasteiger partial charge on any atom is -0.312 e. The summed E-state index contributed by atoms with van der Waals surface area (Å²) in [4.78, 5) is 22.4. The average molecular weight is 253 g/mol. The highest BCUT2D eigenvalue weighted by molar-refractivity contribution is 6.28. The van der Waals surface area contributed by atoms with Crippen LogP contribution in [0, 0.1) is 0 Å². The van der Waals surface area contributed by atoms with Gasteiger partial charge in [-0.2, -0.15) is 4.98 Å². The van der Waals surface area contributed by atoms with E-state index in [0.29, 0.717) is 17.2 Å². The lowest BCUT2D eigenvalue weighted by Crippen LogP contribution is -2.14. The molecule has 0 aromatic carbocycles. The van der Waals surface area contributed by atoms with E-state index in [1.807, 2.05) is 4.57 Å². The first-order valence-corrected chi connectivity index (χ1v) is 6.26. The number of imidazole rings is 1. The molecule has 2 aromatic rings. The Kier molecular flexibility index (Phi) is 2.63. The largest absolute Gasteiger partial charge is 0.312 e. The molecule has 1 aliphatic rings. The van der Waals surface area contributed by atoms with Crippen LogP contribution in [0.15, 0.2) is 11.1 Å². The van der Waals surface area contributed by atoms with Gasteiger partial charge in [0.1, 0.15) is 0 Å². The third-order valence-corrected chi connectivity index (χ3v) is 3.55. The van der Waals surface area contributed by atoms with Gasteiger partial charge in [-0.05, 0) is 24.4 Å². The predicted molar refractivity (Wildman–Crippen MR) is 65.3 cm³/mol. The van der Waals surface area contributed by atoms with Crippen LogP contribution in [-0.2, 0) is 0 Å². The minimum absolute atomic E-state index is 0.125. The molecule has 0 spiro atoms. The summed E-state index contributed by atoms with van der Waals surface area (Å²) in [5, 5.41) is 0.125. The summed E-state index contributed by atoms with van der Waals surface area (Å²) in [6.07, 6.45) is 7.69. The fraction of sp³-hybridized carbons (Fsp3) is 0.545. The Balaban J connectivity index is 2.13. The van der Waals surface area contributed by atoms with Gasteiger partial charge in [0.05, 0.1) is 6.33 Å². The molecule has 0 saturated heterocycles. The number of aromatic amines is 1. The molecule has 3 rings (SSSR count). The number of fused-ring (bicyclic) bond motifs is 1. The first kappa shape index (κ1) is 10.8. The summed E-state index contributed by atoms with van der Waals surface area (Å²) in [5.74, 6) is 0. The maximum absolute atomic E-state index is 11.6. The third kappa shape index (κ3) is 1.84. The zero-order valence-electron chi connectivity index (χ0n) is 9.32. The summed E-state index contributed by atoms with van der Waals surface area (Å²) in [7, 11) is 0. The molecular formula is C11H13ClN4O. The first-order chi connectivity index (χ1) is 8.25. The highest BCUT2D eigenvalue weighted by Gasteiger charge is 2.19. The van der Waals surface area contributed by atoms with Gasteiger partial charge < -0.3 is 4.57 Å². The van der Waals surface area contributed by atoms with Gasteiger partial charge in [-0.25, -0.2) is 4.98 Å². The summed E-state index contributed by atoms with van der Waals surface area (Å²) in [6.45, 7) is 0. The van der Waals surface area contributed by atoms with Crippen molar-refractivity contribution in [2.45, 2.75) is 38.1 Å². The Morgan fingerprint density at radius 3 is 2.88 bits per heavy atom. The van der Waals surface area contributed by atoms with Gasteiger partial charge in [0.2, 0.25) is 5.28 Å². The number of hydrogen-bond acceptors (Lipinski definition) is 3. The van der Waals surface area contributed by atoms with Crippen molar-refractivity contribution in [2.24, 2.45) is 0 Å². The minimum atomic E-state index is -0.269. The molecular weight excluding hydrogens is 240 g/mol. The van der Waals surface area contributed by atoms with Crippen LogP contribution in [0.5, 0.6) is 0 Å². The third-order valence-electron chi connectivity index (χ3n) is 3.37. The molecule has 2 aromatic heterocycles. The highest BCUT2D eigenvalue weighted by Crippen LogP contribution is 2.29. The quantitative estimate of drug-likeness (QED) is 0.792. The van der Waals surface area contributed by atoms with Crippen molar-refractivity contribution in [1.82, 2.24) is 19.5 Å². The number of rotatable bonds is 1. The number of nitrogens with one attached hydrogen (secondary N) is 1. The normalized spacial score (nSPS) is 17.7. The van der Waals surface area contributed by atoms with Crippen LogP contribution in [0.1, 0.15) is 38.1 Å². The van der Waals surface area contributed by atoms with Gasteiger partial charge in [0, 0.05) is 6.04 Å². The van der Waals surface area contributed by atoms with E-state index in [1.54, 1.807) is 6.33 Å². The Bertz CT molecular complexity index is 597. The van der Waals surface area contributed by atoms with Crippen molar-refractivity contribution in [3.63, 3.8) is 0 Å². The molecule has 0 radical (unpaired) electrons. The summed E-state index contributed by atoms with van der Waals surface area (Å²) in [5.41, 5.74) is 0.709. The van der Waals surface area contributed by atoms with Gasteiger partial charge in [-0.1, -0.05) is 19.3 Å². The van der Waals surface area contributed by atoms with Crippen molar-refractivity contribution in [2.75, 3.05) is 0 Å². The van der Waals surface area contributed by atoms with Crippen LogP contribution in [0.2, 0.25) is 5.28 Å². The van der Waals surface area contributed by atoms with Crippen molar-refractivity contribution in [3.05, 3.63) is 22.0 Å². The zero-order chi connectivity index (χ0) is 11.8. The standard InChI is InChI=1S/C11H13ClN4O/c12-11-14-9-8(10(17)15-11)13-6-16(9)7-4-2-1-3-5-7/h6-7H,1-5H2,(H,14,15,17). The second-order valence-electron chi connectivity index (χ2n) is 4.47. The molecule has 6 heteroatoms. The predicted octanol–water partition coefficient (Wildman–Crippen LogP) is 2.28. The van der Waals surface area contributed by atoms with Crippen molar-refractivity contribution >= 4 is 22.8 Å². The van der Waals surface area contributed by atoms with Crippen molar-refractivity contribution in [3.8, 4) is 0 Å². The van der Waals surface area contributed by atoms with Crippen molar-refractivity contribution in [1.29, 1.82) is 0 Å². The van der Waals surface area contributed by atoms with E-state index in [-0.39, 0.29) is 10.8 Å². The van der Waals surface area contributed by atoms with Crippen molar-refractivity contribution < 1.29 is 0 Å². The molecule has 1 fully saturated rings. The molecule has 90 valence electrons. The van der Waals surface area contributed by atoms with E-state index in [9.17, 15) is 4.79 Å². The Labute approximate surface area is 103 Å². The number of hydrogen-bond donors (Lipinski definition) is 1. The molecule has 1 N–H and O–H groups in total.